The third-order valence-corrected chi connectivity index (χ3v) is 4.62. The second kappa shape index (κ2) is 6.17. The summed E-state index contributed by atoms with van der Waals surface area (Å²) in [5, 5.41) is 2.18. The van der Waals surface area contributed by atoms with Crippen molar-refractivity contribution >= 4 is 22.5 Å². The van der Waals surface area contributed by atoms with Gasteiger partial charge in [-0.25, -0.2) is 0 Å². The lowest BCUT2D eigenvalue weighted by molar-refractivity contribution is 0.0375. The molecule has 3 nitrogen and oxygen atoms in total. The molecule has 0 saturated carbocycles. The fraction of sp³-hybridized carbons (Fsp3) is 0.500. The van der Waals surface area contributed by atoms with Crippen LogP contribution < -0.4 is 0 Å². The monoisotopic (exact) mass is 292 g/mol. The van der Waals surface area contributed by atoms with Gasteiger partial charge in [-0.05, 0) is 31.0 Å². The number of para-hydroxylation sites is 1. The topological polar surface area (TPSA) is 17.4 Å². The van der Waals surface area contributed by atoms with E-state index in [4.69, 9.17) is 16.3 Å². The van der Waals surface area contributed by atoms with Gasteiger partial charge in [0.15, 0.2) is 0 Å². The van der Waals surface area contributed by atoms with Crippen LogP contribution in [0.1, 0.15) is 12.0 Å². The van der Waals surface area contributed by atoms with E-state index in [0.29, 0.717) is 0 Å². The van der Waals surface area contributed by atoms with Crippen molar-refractivity contribution in [3.63, 3.8) is 0 Å². The Kier molecular flexibility index (Phi) is 4.29. The van der Waals surface area contributed by atoms with Crippen molar-refractivity contribution in [2.45, 2.75) is 12.8 Å². The largest absolute Gasteiger partial charge is 0.379 e. The van der Waals surface area contributed by atoms with Crippen molar-refractivity contribution in [3.8, 4) is 0 Å². The maximum absolute atomic E-state index is 6.49. The maximum Gasteiger partial charge on any atom is 0.112 e. The number of ether oxygens (including phenoxy) is 1. The minimum absolute atomic E-state index is 0.870. The van der Waals surface area contributed by atoms with Gasteiger partial charge in [-0.15, -0.1) is 0 Å². The van der Waals surface area contributed by atoms with Crippen LogP contribution in [0.15, 0.2) is 24.3 Å². The zero-order chi connectivity index (χ0) is 13.9. The van der Waals surface area contributed by atoms with Crippen molar-refractivity contribution < 1.29 is 4.74 Å². The van der Waals surface area contributed by atoms with Gasteiger partial charge in [0.05, 0.1) is 13.2 Å². The van der Waals surface area contributed by atoms with Gasteiger partial charge in [0.2, 0.25) is 0 Å². The lowest BCUT2D eigenvalue weighted by Gasteiger charge is -2.26. The van der Waals surface area contributed by atoms with E-state index in [-0.39, 0.29) is 0 Å². The number of hydrogen-bond donors (Lipinski definition) is 0. The molecule has 1 aliphatic rings. The molecule has 2 aromatic rings. The molecule has 0 radical (unpaired) electrons. The first-order valence-electron chi connectivity index (χ1n) is 7.29. The SMILES string of the molecule is Cn1c(Cl)c(CCCN2CCOCC2)c2ccccc21. The molecule has 1 aromatic heterocycles. The average molecular weight is 293 g/mol. The van der Waals surface area contributed by atoms with Crippen molar-refractivity contribution in [2.75, 3.05) is 32.8 Å². The van der Waals surface area contributed by atoms with Crippen molar-refractivity contribution in [2.24, 2.45) is 7.05 Å². The van der Waals surface area contributed by atoms with Crippen LogP contribution >= 0.6 is 11.6 Å². The Labute approximate surface area is 125 Å². The van der Waals surface area contributed by atoms with Crippen LogP contribution in [0.4, 0.5) is 0 Å². The lowest BCUT2D eigenvalue weighted by atomic mass is 10.1. The maximum atomic E-state index is 6.49. The highest BCUT2D eigenvalue weighted by molar-refractivity contribution is 6.32. The first-order chi connectivity index (χ1) is 9.77. The van der Waals surface area contributed by atoms with E-state index >= 15 is 0 Å². The number of morpholine rings is 1. The summed E-state index contributed by atoms with van der Waals surface area (Å²) in [7, 11) is 2.04. The Morgan fingerprint density at radius 2 is 1.95 bits per heavy atom. The van der Waals surface area contributed by atoms with E-state index < -0.39 is 0 Å². The van der Waals surface area contributed by atoms with Crippen LogP contribution in [0.5, 0.6) is 0 Å². The predicted molar refractivity (Wildman–Crippen MR) is 83.5 cm³/mol. The van der Waals surface area contributed by atoms with E-state index in [1.54, 1.807) is 0 Å². The van der Waals surface area contributed by atoms with E-state index in [1.165, 1.54) is 16.5 Å². The minimum Gasteiger partial charge on any atom is -0.379 e. The third kappa shape index (κ3) is 2.71. The number of nitrogens with zero attached hydrogens (tertiary/aromatic N) is 2. The Morgan fingerprint density at radius 3 is 2.75 bits per heavy atom. The fourth-order valence-corrected chi connectivity index (χ4v) is 3.27. The predicted octanol–water partition coefficient (Wildman–Crippen LogP) is 3.10. The molecule has 0 amide bonds. The third-order valence-electron chi connectivity index (χ3n) is 4.14. The molecular weight excluding hydrogens is 272 g/mol. The zero-order valence-electron chi connectivity index (χ0n) is 11.9. The van der Waals surface area contributed by atoms with Gasteiger partial charge in [-0.3, -0.25) is 4.90 Å². The standard InChI is InChI=1S/C16H21ClN2O/c1-18-15-7-3-2-5-13(15)14(16(18)17)6-4-8-19-9-11-20-12-10-19/h2-3,5,7H,4,6,8-12H2,1H3. The normalized spacial score (nSPS) is 16.9. The molecule has 3 rings (SSSR count). The molecule has 1 aliphatic heterocycles. The lowest BCUT2D eigenvalue weighted by Crippen LogP contribution is -2.36. The smallest absolute Gasteiger partial charge is 0.112 e. The van der Waals surface area contributed by atoms with Gasteiger partial charge >= 0.3 is 0 Å². The van der Waals surface area contributed by atoms with E-state index in [0.717, 1.165) is 50.8 Å². The quantitative estimate of drug-likeness (QED) is 0.861. The number of benzene rings is 1. The van der Waals surface area contributed by atoms with Crippen molar-refractivity contribution in [1.29, 1.82) is 0 Å². The Hall–Kier alpha value is -1.03. The second-order valence-electron chi connectivity index (χ2n) is 5.40. The Morgan fingerprint density at radius 1 is 1.20 bits per heavy atom. The average Bonchev–Trinajstić information content (AvgIpc) is 2.74. The molecule has 1 fully saturated rings. The van der Waals surface area contributed by atoms with Gasteiger partial charge < -0.3 is 9.30 Å². The first kappa shape index (κ1) is 13.9. The number of hydrogen-bond acceptors (Lipinski definition) is 2. The summed E-state index contributed by atoms with van der Waals surface area (Å²) in [5.41, 5.74) is 2.51. The van der Waals surface area contributed by atoms with Gasteiger partial charge in [0.25, 0.3) is 0 Å². The highest BCUT2D eigenvalue weighted by Gasteiger charge is 2.14. The van der Waals surface area contributed by atoms with Crippen LogP contribution in [0, 0.1) is 0 Å². The highest BCUT2D eigenvalue weighted by atomic mass is 35.5. The number of rotatable bonds is 4. The molecule has 4 heteroatoms. The van der Waals surface area contributed by atoms with Gasteiger partial charge in [-0.2, -0.15) is 0 Å². The summed E-state index contributed by atoms with van der Waals surface area (Å²) in [6, 6.07) is 8.46. The molecule has 1 saturated heterocycles. The summed E-state index contributed by atoms with van der Waals surface area (Å²) in [6.45, 7) is 4.99. The van der Waals surface area contributed by atoms with Crippen LogP contribution in [-0.2, 0) is 18.2 Å². The first-order valence-corrected chi connectivity index (χ1v) is 7.67. The number of aryl methyl sites for hydroxylation is 2. The van der Waals surface area contributed by atoms with Crippen LogP contribution in [0.25, 0.3) is 10.9 Å². The highest BCUT2D eigenvalue weighted by Crippen LogP contribution is 2.29. The number of halogens is 1. The Bertz CT molecular complexity index is 587. The molecule has 0 bridgehead atoms. The molecule has 108 valence electrons. The molecule has 0 N–H and O–H groups in total. The summed E-state index contributed by atoms with van der Waals surface area (Å²) < 4.78 is 7.46. The summed E-state index contributed by atoms with van der Waals surface area (Å²) >= 11 is 6.49. The molecule has 2 heterocycles. The molecule has 20 heavy (non-hydrogen) atoms. The number of fused-ring (bicyclic) bond motifs is 1. The zero-order valence-corrected chi connectivity index (χ0v) is 12.7. The van der Waals surface area contributed by atoms with E-state index in [9.17, 15) is 0 Å². The van der Waals surface area contributed by atoms with Gasteiger partial charge in [0.1, 0.15) is 5.15 Å². The fourth-order valence-electron chi connectivity index (χ4n) is 2.98. The number of aromatic nitrogens is 1. The van der Waals surface area contributed by atoms with E-state index in [2.05, 4.69) is 33.7 Å². The van der Waals surface area contributed by atoms with E-state index in [1.807, 2.05) is 7.05 Å². The molecular formula is C16H21ClN2O. The van der Waals surface area contributed by atoms with Gasteiger partial charge in [0, 0.05) is 31.0 Å². The minimum atomic E-state index is 0.870. The van der Waals surface area contributed by atoms with Crippen molar-refractivity contribution in [3.05, 3.63) is 35.0 Å². The summed E-state index contributed by atoms with van der Waals surface area (Å²) in [4.78, 5) is 2.47. The van der Waals surface area contributed by atoms with Crippen LogP contribution in [0.3, 0.4) is 0 Å². The molecule has 0 atom stereocenters. The summed E-state index contributed by atoms with van der Waals surface area (Å²) in [6.07, 6.45) is 2.19. The molecule has 0 spiro atoms. The Balaban J connectivity index is 1.69. The van der Waals surface area contributed by atoms with Crippen LogP contribution in [-0.4, -0.2) is 42.3 Å². The second-order valence-corrected chi connectivity index (χ2v) is 5.76. The van der Waals surface area contributed by atoms with Crippen molar-refractivity contribution in [1.82, 2.24) is 9.47 Å². The van der Waals surface area contributed by atoms with Gasteiger partial charge in [-0.1, -0.05) is 29.8 Å². The van der Waals surface area contributed by atoms with Crippen LogP contribution in [0.2, 0.25) is 5.15 Å². The molecule has 0 aliphatic carbocycles. The molecule has 1 aromatic carbocycles. The molecule has 0 unspecified atom stereocenters. The summed E-state index contributed by atoms with van der Waals surface area (Å²) in [5.74, 6) is 0.